The minimum Gasteiger partial charge on any atom is -0.472 e. The van der Waals surface area contributed by atoms with E-state index in [0.717, 1.165) is 0 Å². The molecule has 2 aliphatic rings. The monoisotopic (exact) mass is 460 g/mol. The first-order valence-corrected chi connectivity index (χ1v) is 12.2. The molecule has 4 rings (SSSR count). The summed E-state index contributed by atoms with van der Waals surface area (Å²) in [5.74, 6) is -0.490. The van der Waals surface area contributed by atoms with Gasteiger partial charge in [-0.05, 0) is 44.2 Å². The Labute approximate surface area is 188 Å². The van der Waals surface area contributed by atoms with Gasteiger partial charge in [0, 0.05) is 50.9 Å². The molecule has 1 aromatic heterocycles. The van der Waals surface area contributed by atoms with Gasteiger partial charge in [0.1, 0.15) is 6.26 Å². The molecular weight excluding hydrogens is 432 g/mol. The number of piperidine rings is 1. The van der Waals surface area contributed by atoms with Gasteiger partial charge in [0.2, 0.25) is 15.9 Å². The quantitative estimate of drug-likeness (QED) is 0.729. The second-order valence-corrected chi connectivity index (χ2v) is 10.2. The second kappa shape index (κ2) is 9.43. The highest BCUT2D eigenvalue weighted by atomic mass is 32.2. The van der Waals surface area contributed by atoms with Crippen molar-refractivity contribution in [2.24, 2.45) is 5.92 Å². The molecule has 0 radical (unpaired) electrons. The summed E-state index contributed by atoms with van der Waals surface area (Å²) < 4.78 is 32.4. The number of anilines is 1. The number of rotatable bonds is 5. The Morgan fingerprint density at radius 2 is 1.75 bits per heavy atom. The van der Waals surface area contributed by atoms with Crippen molar-refractivity contribution in [1.82, 2.24) is 14.1 Å². The standard InChI is InChI=1S/C22H28N4O5S/c1-24-10-12-26(13-11-24)32(29,30)20-4-2-3-19(15-20)23-21(27)17-5-8-25(9-6-17)22(28)18-7-14-31-16-18/h2-4,7,14-17H,5-6,8-13H2,1H3,(H,23,27). The Hall–Kier alpha value is -2.69. The zero-order valence-electron chi connectivity index (χ0n) is 18.1. The molecule has 1 aromatic carbocycles. The fourth-order valence-corrected chi connectivity index (χ4v) is 5.54. The first kappa shape index (κ1) is 22.5. The highest BCUT2D eigenvalue weighted by Gasteiger charge is 2.30. The molecule has 1 N–H and O–H groups in total. The number of likely N-dealkylation sites (N-methyl/N-ethyl adjacent to an activating group) is 1. The number of furan rings is 1. The highest BCUT2D eigenvalue weighted by Crippen LogP contribution is 2.24. The Kier molecular flexibility index (Phi) is 6.63. The fraction of sp³-hybridized carbons (Fsp3) is 0.455. The predicted octanol–water partition coefficient (Wildman–Crippen LogP) is 1.71. The van der Waals surface area contributed by atoms with E-state index < -0.39 is 10.0 Å². The van der Waals surface area contributed by atoms with Crippen LogP contribution in [0.1, 0.15) is 23.2 Å². The molecule has 0 saturated carbocycles. The molecule has 2 saturated heterocycles. The molecule has 2 aromatic rings. The Morgan fingerprint density at radius 1 is 1.03 bits per heavy atom. The lowest BCUT2D eigenvalue weighted by Gasteiger charge is -2.32. The van der Waals surface area contributed by atoms with Crippen LogP contribution in [0.15, 0.2) is 52.2 Å². The van der Waals surface area contributed by atoms with Crippen LogP contribution in [-0.2, 0) is 14.8 Å². The van der Waals surface area contributed by atoms with Gasteiger partial charge in [-0.2, -0.15) is 4.31 Å². The number of nitrogens with zero attached hydrogens (tertiary/aromatic N) is 3. The van der Waals surface area contributed by atoms with Crippen LogP contribution in [0.2, 0.25) is 0 Å². The van der Waals surface area contributed by atoms with Crippen LogP contribution in [0.5, 0.6) is 0 Å². The SMILES string of the molecule is CN1CCN(S(=O)(=O)c2cccc(NC(=O)C3CCN(C(=O)c4ccoc4)CC3)c2)CC1. The van der Waals surface area contributed by atoms with Crippen LogP contribution < -0.4 is 5.32 Å². The van der Waals surface area contributed by atoms with Gasteiger partial charge in [-0.15, -0.1) is 0 Å². The Morgan fingerprint density at radius 3 is 2.41 bits per heavy atom. The van der Waals surface area contributed by atoms with Crippen molar-refractivity contribution in [3.8, 4) is 0 Å². The number of hydrogen-bond acceptors (Lipinski definition) is 6. The summed E-state index contributed by atoms with van der Waals surface area (Å²) in [5, 5.41) is 2.86. The summed E-state index contributed by atoms with van der Waals surface area (Å²) in [6.07, 6.45) is 3.99. The van der Waals surface area contributed by atoms with Crippen LogP contribution >= 0.6 is 0 Å². The summed E-state index contributed by atoms with van der Waals surface area (Å²) in [5.41, 5.74) is 0.966. The van der Waals surface area contributed by atoms with Crippen LogP contribution in [0, 0.1) is 5.92 Å². The van der Waals surface area contributed by atoms with E-state index in [2.05, 4.69) is 10.2 Å². The molecule has 9 nitrogen and oxygen atoms in total. The maximum Gasteiger partial charge on any atom is 0.257 e. The molecule has 0 atom stereocenters. The van der Waals surface area contributed by atoms with Crippen LogP contribution in [0.4, 0.5) is 5.69 Å². The van der Waals surface area contributed by atoms with E-state index in [1.165, 1.54) is 22.9 Å². The molecule has 172 valence electrons. The lowest BCUT2D eigenvalue weighted by molar-refractivity contribution is -0.121. The van der Waals surface area contributed by atoms with E-state index in [1.807, 2.05) is 7.05 Å². The smallest absolute Gasteiger partial charge is 0.257 e. The summed E-state index contributed by atoms with van der Waals surface area (Å²) in [7, 11) is -1.63. The van der Waals surface area contributed by atoms with Crippen LogP contribution in [-0.4, -0.2) is 80.7 Å². The minimum atomic E-state index is -3.60. The number of nitrogens with one attached hydrogen (secondary N) is 1. The van der Waals surface area contributed by atoms with E-state index in [9.17, 15) is 18.0 Å². The minimum absolute atomic E-state index is 0.0978. The van der Waals surface area contributed by atoms with Crippen molar-refractivity contribution in [3.05, 3.63) is 48.4 Å². The Bertz CT molecular complexity index is 1050. The van der Waals surface area contributed by atoms with Crippen LogP contribution in [0.3, 0.4) is 0 Å². The van der Waals surface area contributed by atoms with Gasteiger partial charge in [-0.3, -0.25) is 9.59 Å². The zero-order chi connectivity index (χ0) is 22.7. The van der Waals surface area contributed by atoms with Gasteiger partial charge in [0.25, 0.3) is 5.91 Å². The fourth-order valence-electron chi connectivity index (χ4n) is 4.07. The van der Waals surface area contributed by atoms with Crippen molar-refractivity contribution in [1.29, 1.82) is 0 Å². The van der Waals surface area contributed by atoms with E-state index in [1.54, 1.807) is 29.2 Å². The lowest BCUT2D eigenvalue weighted by Crippen LogP contribution is -2.47. The molecule has 2 amide bonds. The molecule has 0 bridgehead atoms. The molecule has 10 heteroatoms. The van der Waals surface area contributed by atoms with Crippen molar-refractivity contribution in [2.75, 3.05) is 51.6 Å². The van der Waals surface area contributed by atoms with Gasteiger partial charge in [-0.1, -0.05) is 6.07 Å². The summed E-state index contributed by atoms with van der Waals surface area (Å²) in [6, 6.07) is 8.04. The molecule has 2 fully saturated rings. The number of sulfonamides is 1. The molecule has 3 heterocycles. The number of hydrogen-bond donors (Lipinski definition) is 1. The van der Waals surface area contributed by atoms with E-state index >= 15 is 0 Å². The van der Waals surface area contributed by atoms with Gasteiger partial charge in [0.15, 0.2) is 0 Å². The first-order chi connectivity index (χ1) is 15.3. The highest BCUT2D eigenvalue weighted by molar-refractivity contribution is 7.89. The normalized spacial score (nSPS) is 19.1. The zero-order valence-corrected chi connectivity index (χ0v) is 18.9. The molecule has 0 spiro atoms. The van der Waals surface area contributed by atoms with Crippen molar-refractivity contribution in [3.63, 3.8) is 0 Å². The topological polar surface area (TPSA) is 103 Å². The lowest BCUT2D eigenvalue weighted by atomic mass is 9.95. The van der Waals surface area contributed by atoms with Gasteiger partial charge < -0.3 is 19.5 Å². The number of benzene rings is 1. The Balaban J connectivity index is 1.36. The molecule has 0 unspecified atom stereocenters. The number of carbonyl (C=O) groups excluding carboxylic acids is 2. The molecule has 2 aliphatic heterocycles. The number of likely N-dealkylation sites (tertiary alicyclic amines) is 1. The van der Waals surface area contributed by atoms with E-state index in [0.29, 0.717) is 63.4 Å². The molecule has 0 aliphatic carbocycles. The summed E-state index contributed by atoms with van der Waals surface area (Å²) in [4.78, 5) is 29.2. The number of carbonyl (C=O) groups is 2. The third kappa shape index (κ3) is 4.87. The molecular formula is C22H28N4O5S. The summed E-state index contributed by atoms with van der Waals surface area (Å²) in [6.45, 7) is 3.26. The maximum absolute atomic E-state index is 13.0. The molecule has 32 heavy (non-hydrogen) atoms. The predicted molar refractivity (Wildman–Crippen MR) is 119 cm³/mol. The largest absolute Gasteiger partial charge is 0.472 e. The first-order valence-electron chi connectivity index (χ1n) is 10.8. The van der Waals surface area contributed by atoms with Crippen molar-refractivity contribution >= 4 is 27.5 Å². The maximum atomic E-state index is 13.0. The van der Waals surface area contributed by atoms with Crippen molar-refractivity contribution in [2.45, 2.75) is 17.7 Å². The van der Waals surface area contributed by atoms with E-state index in [-0.39, 0.29) is 22.6 Å². The summed E-state index contributed by atoms with van der Waals surface area (Å²) >= 11 is 0. The third-order valence-electron chi connectivity index (χ3n) is 6.12. The van der Waals surface area contributed by atoms with Gasteiger partial charge in [0.05, 0.1) is 16.7 Å². The van der Waals surface area contributed by atoms with Crippen LogP contribution in [0.25, 0.3) is 0 Å². The number of amides is 2. The van der Waals surface area contributed by atoms with Crippen molar-refractivity contribution < 1.29 is 22.4 Å². The number of piperazine rings is 1. The van der Waals surface area contributed by atoms with Gasteiger partial charge in [-0.25, -0.2) is 8.42 Å². The van der Waals surface area contributed by atoms with E-state index in [4.69, 9.17) is 4.42 Å². The second-order valence-electron chi connectivity index (χ2n) is 8.30. The van der Waals surface area contributed by atoms with Gasteiger partial charge >= 0.3 is 0 Å². The average Bonchev–Trinajstić information content (AvgIpc) is 3.34. The average molecular weight is 461 g/mol. The third-order valence-corrected chi connectivity index (χ3v) is 8.02.